The highest BCUT2D eigenvalue weighted by atomic mass is 19.1. The van der Waals surface area contributed by atoms with Gasteiger partial charge in [-0.15, -0.1) is 0 Å². The second-order valence-electron chi connectivity index (χ2n) is 4.97. The number of nitriles is 1. The molecular formula is C12H13BFNO2. The molecule has 0 amide bonds. The zero-order valence-corrected chi connectivity index (χ0v) is 9.87. The molecule has 2 rings (SSSR count). The number of hydrogen-bond donors (Lipinski definition) is 0. The van der Waals surface area contributed by atoms with E-state index in [1.807, 2.05) is 0 Å². The molecule has 0 radical (unpaired) electrons. The molecule has 1 aromatic rings. The SMILES string of the molecule is CC1(C)COB(c2ccc(F)c(C#N)c2)OC1. The smallest absolute Gasteiger partial charge is 0.407 e. The van der Waals surface area contributed by atoms with Crippen molar-refractivity contribution in [1.29, 1.82) is 5.26 Å². The summed E-state index contributed by atoms with van der Waals surface area (Å²) in [7, 11) is -0.504. The maximum atomic E-state index is 13.2. The van der Waals surface area contributed by atoms with Crippen molar-refractivity contribution < 1.29 is 13.7 Å². The highest BCUT2D eigenvalue weighted by molar-refractivity contribution is 6.61. The van der Waals surface area contributed by atoms with Crippen LogP contribution in [0.5, 0.6) is 0 Å². The monoisotopic (exact) mass is 233 g/mol. The molecule has 1 saturated heterocycles. The molecule has 17 heavy (non-hydrogen) atoms. The van der Waals surface area contributed by atoms with Crippen molar-refractivity contribution >= 4 is 12.6 Å². The molecule has 1 aliphatic rings. The van der Waals surface area contributed by atoms with Crippen LogP contribution in [0.1, 0.15) is 19.4 Å². The van der Waals surface area contributed by atoms with Crippen LogP contribution in [0.4, 0.5) is 4.39 Å². The maximum absolute atomic E-state index is 13.2. The normalized spacial score (nSPS) is 18.8. The number of halogens is 1. The molecule has 1 fully saturated rings. The molecule has 0 unspecified atom stereocenters. The zero-order chi connectivity index (χ0) is 12.5. The predicted molar refractivity (Wildman–Crippen MR) is 62.2 cm³/mol. The minimum absolute atomic E-state index is 0.00537. The Morgan fingerprint density at radius 2 is 2.00 bits per heavy atom. The summed E-state index contributed by atoms with van der Waals surface area (Å²) in [5.74, 6) is -0.521. The van der Waals surface area contributed by atoms with Gasteiger partial charge in [-0.05, 0) is 17.6 Å². The number of rotatable bonds is 1. The highest BCUT2D eigenvalue weighted by Gasteiger charge is 2.33. The first kappa shape index (κ1) is 12.1. The molecule has 0 aromatic heterocycles. The van der Waals surface area contributed by atoms with Crippen molar-refractivity contribution in [2.24, 2.45) is 5.41 Å². The van der Waals surface area contributed by atoms with Crippen LogP contribution in [0, 0.1) is 22.6 Å². The summed E-state index contributed by atoms with van der Waals surface area (Å²) >= 11 is 0. The van der Waals surface area contributed by atoms with Gasteiger partial charge in [-0.3, -0.25) is 0 Å². The van der Waals surface area contributed by atoms with Gasteiger partial charge in [-0.25, -0.2) is 4.39 Å². The molecule has 1 heterocycles. The zero-order valence-electron chi connectivity index (χ0n) is 9.87. The van der Waals surface area contributed by atoms with Crippen LogP contribution in [0.3, 0.4) is 0 Å². The Hall–Kier alpha value is -1.38. The van der Waals surface area contributed by atoms with E-state index in [4.69, 9.17) is 14.6 Å². The van der Waals surface area contributed by atoms with Crippen LogP contribution in [-0.2, 0) is 9.31 Å². The second-order valence-corrected chi connectivity index (χ2v) is 4.97. The van der Waals surface area contributed by atoms with Gasteiger partial charge in [0.1, 0.15) is 11.9 Å². The van der Waals surface area contributed by atoms with Crippen LogP contribution in [-0.4, -0.2) is 20.3 Å². The van der Waals surface area contributed by atoms with E-state index in [1.165, 1.54) is 12.1 Å². The molecular weight excluding hydrogens is 220 g/mol. The third-order valence-electron chi connectivity index (χ3n) is 2.63. The Morgan fingerprint density at radius 3 is 2.59 bits per heavy atom. The van der Waals surface area contributed by atoms with Crippen molar-refractivity contribution in [2.75, 3.05) is 13.2 Å². The maximum Gasteiger partial charge on any atom is 0.493 e. The molecule has 0 saturated carbocycles. The number of benzene rings is 1. The molecule has 0 atom stereocenters. The van der Waals surface area contributed by atoms with Gasteiger partial charge in [-0.2, -0.15) is 5.26 Å². The Kier molecular flexibility index (Phi) is 3.18. The van der Waals surface area contributed by atoms with Crippen LogP contribution >= 0.6 is 0 Å². The molecule has 3 nitrogen and oxygen atoms in total. The molecule has 5 heteroatoms. The van der Waals surface area contributed by atoms with Crippen molar-refractivity contribution in [3.8, 4) is 6.07 Å². The van der Waals surface area contributed by atoms with Crippen LogP contribution in [0.15, 0.2) is 18.2 Å². The van der Waals surface area contributed by atoms with E-state index in [9.17, 15) is 4.39 Å². The topological polar surface area (TPSA) is 42.2 Å². The van der Waals surface area contributed by atoms with Gasteiger partial charge in [-0.1, -0.05) is 19.9 Å². The van der Waals surface area contributed by atoms with Gasteiger partial charge in [0.15, 0.2) is 0 Å². The molecule has 88 valence electrons. The molecule has 0 N–H and O–H groups in total. The van der Waals surface area contributed by atoms with Crippen LogP contribution in [0.2, 0.25) is 0 Å². The number of nitrogens with zero attached hydrogens (tertiary/aromatic N) is 1. The van der Waals surface area contributed by atoms with E-state index in [-0.39, 0.29) is 11.0 Å². The largest absolute Gasteiger partial charge is 0.493 e. The lowest BCUT2D eigenvalue weighted by molar-refractivity contribution is 0.0343. The van der Waals surface area contributed by atoms with Crippen molar-refractivity contribution in [1.82, 2.24) is 0 Å². The predicted octanol–water partition coefficient (Wildman–Crippen LogP) is 1.47. The summed E-state index contributed by atoms with van der Waals surface area (Å²) in [5, 5.41) is 8.75. The Bertz CT molecular complexity index is 460. The molecule has 1 aromatic carbocycles. The minimum atomic E-state index is -0.521. The van der Waals surface area contributed by atoms with E-state index in [1.54, 1.807) is 12.1 Å². The quantitative estimate of drug-likeness (QED) is 0.689. The van der Waals surface area contributed by atoms with Gasteiger partial charge >= 0.3 is 7.12 Å². The summed E-state index contributed by atoms with van der Waals surface area (Å²) in [4.78, 5) is 0. The van der Waals surface area contributed by atoms with E-state index in [0.29, 0.717) is 18.7 Å². The lowest BCUT2D eigenvalue weighted by Crippen LogP contribution is -2.47. The summed E-state index contributed by atoms with van der Waals surface area (Å²) < 4.78 is 24.3. The van der Waals surface area contributed by atoms with Gasteiger partial charge in [0.2, 0.25) is 0 Å². The lowest BCUT2D eigenvalue weighted by Gasteiger charge is -2.33. The Morgan fingerprint density at radius 1 is 1.35 bits per heavy atom. The Balaban J connectivity index is 2.17. The first-order chi connectivity index (χ1) is 8.02. The van der Waals surface area contributed by atoms with Crippen molar-refractivity contribution in [2.45, 2.75) is 13.8 Å². The average Bonchev–Trinajstić information content (AvgIpc) is 2.30. The van der Waals surface area contributed by atoms with Gasteiger partial charge in [0, 0.05) is 18.6 Å². The first-order valence-electron chi connectivity index (χ1n) is 5.45. The van der Waals surface area contributed by atoms with Crippen LogP contribution < -0.4 is 5.46 Å². The highest BCUT2D eigenvalue weighted by Crippen LogP contribution is 2.21. The summed E-state index contributed by atoms with van der Waals surface area (Å²) in [5.41, 5.74) is 0.687. The average molecular weight is 233 g/mol. The van der Waals surface area contributed by atoms with E-state index < -0.39 is 12.9 Å². The molecule has 0 aliphatic carbocycles. The van der Waals surface area contributed by atoms with Crippen molar-refractivity contribution in [3.05, 3.63) is 29.6 Å². The lowest BCUT2D eigenvalue weighted by atomic mass is 9.75. The third-order valence-corrected chi connectivity index (χ3v) is 2.63. The summed E-state index contributed by atoms with van der Waals surface area (Å²) in [6, 6.07) is 6.12. The standard InChI is InChI=1S/C12H13BFNO2/c1-12(2)7-16-13(17-8-12)10-3-4-11(14)9(5-10)6-15/h3-5H,7-8H2,1-2H3. The molecule has 0 bridgehead atoms. The minimum Gasteiger partial charge on any atom is -0.407 e. The number of hydrogen-bond acceptors (Lipinski definition) is 3. The van der Waals surface area contributed by atoms with E-state index in [2.05, 4.69) is 13.8 Å². The first-order valence-corrected chi connectivity index (χ1v) is 5.45. The fraction of sp³-hybridized carbons (Fsp3) is 0.417. The van der Waals surface area contributed by atoms with Gasteiger partial charge in [0.25, 0.3) is 0 Å². The molecule has 0 spiro atoms. The van der Waals surface area contributed by atoms with Crippen molar-refractivity contribution in [3.63, 3.8) is 0 Å². The summed E-state index contributed by atoms with van der Waals surface area (Å²) in [6.45, 7) is 5.26. The fourth-order valence-corrected chi connectivity index (χ4v) is 1.66. The third kappa shape index (κ3) is 2.66. The van der Waals surface area contributed by atoms with Gasteiger partial charge < -0.3 is 9.31 Å². The Labute approximate surface area is 100 Å². The van der Waals surface area contributed by atoms with Crippen LogP contribution in [0.25, 0.3) is 0 Å². The summed E-state index contributed by atoms with van der Waals surface area (Å²) in [6.07, 6.45) is 0. The van der Waals surface area contributed by atoms with E-state index in [0.717, 1.165) is 0 Å². The second kappa shape index (κ2) is 4.48. The van der Waals surface area contributed by atoms with E-state index >= 15 is 0 Å². The fourth-order valence-electron chi connectivity index (χ4n) is 1.66. The molecule has 1 aliphatic heterocycles. The van der Waals surface area contributed by atoms with Gasteiger partial charge in [0.05, 0.1) is 5.56 Å².